The van der Waals surface area contributed by atoms with Crippen molar-refractivity contribution < 1.29 is 9.53 Å². The van der Waals surface area contributed by atoms with E-state index in [9.17, 15) is 4.79 Å². The van der Waals surface area contributed by atoms with E-state index in [0.29, 0.717) is 12.0 Å². The van der Waals surface area contributed by atoms with Gasteiger partial charge < -0.3 is 4.74 Å². The Morgan fingerprint density at radius 1 is 1.53 bits per heavy atom. The highest BCUT2D eigenvalue weighted by Crippen LogP contribution is 2.60. The fourth-order valence-corrected chi connectivity index (χ4v) is 3.89. The van der Waals surface area contributed by atoms with Crippen LogP contribution in [0.15, 0.2) is 23.8 Å². The van der Waals surface area contributed by atoms with Gasteiger partial charge in [0.25, 0.3) is 0 Å². The Bertz CT molecular complexity index is 407. The van der Waals surface area contributed by atoms with E-state index in [2.05, 4.69) is 13.5 Å². The molecule has 2 saturated carbocycles. The van der Waals surface area contributed by atoms with Gasteiger partial charge in [0.05, 0.1) is 6.61 Å². The molecule has 2 nitrogen and oxygen atoms in total. The molecule has 0 spiro atoms. The van der Waals surface area contributed by atoms with E-state index in [4.69, 9.17) is 4.74 Å². The normalized spacial score (nSPS) is 33.8. The molecule has 2 bridgehead atoms. The second-order valence-corrected chi connectivity index (χ2v) is 6.30. The summed E-state index contributed by atoms with van der Waals surface area (Å²) in [6, 6.07) is 0. The number of hydrogen-bond donors (Lipinski definition) is 0. The van der Waals surface area contributed by atoms with Crippen LogP contribution in [-0.4, -0.2) is 12.6 Å². The molecular weight excluding hydrogens is 236 g/mol. The molecule has 0 saturated heterocycles. The van der Waals surface area contributed by atoms with E-state index < -0.39 is 0 Å². The average Bonchev–Trinajstić information content (AvgIpc) is 2.94. The minimum Gasteiger partial charge on any atom is -0.463 e. The van der Waals surface area contributed by atoms with Crippen LogP contribution in [0.1, 0.15) is 52.9 Å². The molecule has 2 heteroatoms. The Morgan fingerprint density at radius 2 is 2.26 bits per heavy atom. The van der Waals surface area contributed by atoms with Crippen LogP contribution < -0.4 is 0 Å². The summed E-state index contributed by atoms with van der Waals surface area (Å²) < 4.78 is 5.00. The average molecular weight is 262 g/mol. The van der Waals surface area contributed by atoms with E-state index in [1.807, 2.05) is 19.9 Å². The number of carbonyl (C=O) groups is 1. The predicted octanol–water partition coefficient (Wildman–Crippen LogP) is 4.27. The topological polar surface area (TPSA) is 26.3 Å². The Hall–Kier alpha value is -1.05. The summed E-state index contributed by atoms with van der Waals surface area (Å²) in [6.07, 6.45) is 8.14. The zero-order valence-electron chi connectivity index (χ0n) is 12.5. The van der Waals surface area contributed by atoms with E-state index in [-0.39, 0.29) is 5.97 Å². The number of rotatable bonds is 5. The van der Waals surface area contributed by atoms with Crippen LogP contribution in [0, 0.1) is 17.3 Å². The molecule has 0 N–H and O–H groups in total. The molecule has 2 aliphatic carbocycles. The van der Waals surface area contributed by atoms with Crippen molar-refractivity contribution in [2.45, 2.75) is 52.9 Å². The molecule has 0 aromatic rings. The molecule has 2 rings (SSSR count). The van der Waals surface area contributed by atoms with Crippen molar-refractivity contribution >= 4 is 5.97 Å². The molecule has 0 aromatic heterocycles. The molecule has 1 unspecified atom stereocenters. The van der Waals surface area contributed by atoms with Crippen molar-refractivity contribution in [2.75, 3.05) is 6.61 Å². The molecule has 2 fully saturated rings. The van der Waals surface area contributed by atoms with Gasteiger partial charge in [0.1, 0.15) is 0 Å². The zero-order valence-corrected chi connectivity index (χ0v) is 12.5. The van der Waals surface area contributed by atoms with Crippen LogP contribution in [0.25, 0.3) is 0 Å². The van der Waals surface area contributed by atoms with Crippen molar-refractivity contribution in [2.24, 2.45) is 17.3 Å². The van der Waals surface area contributed by atoms with Crippen molar-refractivity contribution in [1.82, 2.24) is 0 Å². The minimum absolute atomic E-state index is 0.181. The van der Waals surface area contributed by atoms with Crippen molar-refractivity contribution in [3.05, 3.63) is 23.8 Å². The molecule has 106 valence electrons. The highest BCUT2D eigenvalue weighted by atomic mass is 16.5. The number of allylic oxidation sites excluding steroid dienone is 2. The highest BCUT2D eigenvalue weighted by Gasteiger charge is 2.49. The third-order valence-electron chi connectivity index (χ3n) is 5.27. The van der Waals surface area contributed by atoms with E-state index >= 15 is 0 Å². The van der Waals surface area contributed by atoms with Gasteiger partial charge in [-0.25, -0.2) is 4.79 Å². The van der Waals surface area contributed by atoms with E-state index in [1.54, 1.807) is 0 Å². The van der Waals surface area contributed by atoms with Crippen molar-refractivity contribution in [3.8, 4) is 0 Å². The molecule has 2 aliphatic rings. The monoisotopic (exact) mass is 262 g/mol. The first kappa shape index (κ1) is 14.4. The largest absolute Gasteiger partial charge is 0.463 e. The summed E-state index contributed by atoms with van der Waals surface area (Å²) in [4.78, 5) is 11.5. The van der Waals surface area contributed by atoms with Gasteiger partial charge in [-0.2, -0.15) is 0 Å². The third-order valence-corrected chi connectivity index (χ3v) is 5.27. The molecule has 0 aromatic carbocycles. The maximum atomic E-state index is 11.5. The molecule has 0 radical (unpaired) electrons. The second-order valence-electron chi connectivity index (χ2n) is 6.30. The van der Waals surface area contributed by atoms with Crippen LogP contribution in [0.5, 0.6) is 0 Å². The summed E-state index contributed by atoms with van der Waals surface area (Å²) >= 11 is 0. The van der Waals surface area contributed by atoms with Crippen LogP contribution in [-0.2, 0) is 9.53 Å². The Labute approximate surface area is 116 Å². The summed E-state index contributed by atoms with van der Waals surface area (Å²) in [7, 11) is 0. The van der Waals surface area contributed by atoms with Crippen LogP contribution in [0.4, 0.5) is 0 Å². The van der Waals surface area contributed by atoms with Crippen molar-refractivity contribution in [3.63, 3.8) is 0 Å². The second kappa shape index (κ2) is 5.52. The lowest BCUT2D eigenvalue weighted by Crippen LogP contribution is -2.26. The lowest BCUT2D eigenvalue weighted by Gasteiger charge is -2.36. The Balaban J connectivity index is 1.91. The van der Waals surface area contributed by atoms with Gasteiger partial charge in [0.15, 0.2) is 0 Å². The molecule has 0 amide bonds. The van der Waals surface area contributed by atoms with Crippen molar-refractivity contribution in [1.29, 1.82) is 0 Å². The maximum absolute atomic E-state index is 11.5. The van der Waals surface area contributed by atoms with Gasteiger partial charge >= 0.3 is 5.97 Å². The number of esters is 1. The van der Waals surface area contributed by atoms with Gasteiger partial charge in [-0.3, -0.25) is 0 Å². The number of hydrogen-bond acceptors (Lipinski definition) is 2. The molecule has 0 aliphatic heterocycles. The van der Waals surface area contributed by atoms with Gasteiger partial charge in [-0.15, -0.1) is 0 Å². The quantitative estimate of drug-likeness (QED) is 0.420. The third kappa shape index (κ3) is 2.63. The number of fused-ring (bicyclic) bond motifs is 2. The van der Waals surface area contributed by atoms with Crippen LogP contribution in [0.2, 0.25) is 0 Å². The summed E-state index contributed by atoms with van der Waals surface area (Å²) in [6.45, 7) is 10.8. The minimum atomic E-state index is -0.181. The molecular formula is C17H26O2. The number of ether oxygens (including phenoxy) is 1. The number of carbonyl (C=O) groups excluding carboxylic acids is 1. The maximum Gasteiger partial charge on any atom is 0.333 e. The first-order valence-electron chi connectivity index (χ1n) is 7.52. The fraction of sp³-hybridized carbons (Fsp3) is 0.706. The first-order valence-corrected chi connectivity index (χ1v) is 7.52. The highest BCUT2D eigenvalue weighted by molar-refractivity contribution is 5.87. The summed E-state index contributed by atoms with van der Waals surface area (Å²) in [5, 5.41) is 0. The summed E-state index contributed by atoms with van der Waals surface area (Å²) in [5.74, 6) is 1.41. The van der Waals surface area contributed by atoms with E-state index in [0.717, 1.165) is 30.3 Å². The SMILES string of the molecule is C=C1[C@H]2CCC(C2)[C@@]1(C)CCC=C(C)C(=O)OCC. The summed E-state index contributed by atoms with van der Waals surface area (Å²) in [5.41, 5.74) is 2.50. The smallest absolute Gasteiger partial charge is 0.333 e. The van der Waals surface area contributed by atoms with Crippen LogP contribution >= 0.6 is 0 Å². The van der Waals surface area contributed by atoms with E-state index in [1.165, 1.54) is 24.8 Å². The van der Waals surface area contributed by atoms with Crippen LogP contribution in [0.3, 0.4) is 0 Å². The van der Waals surface area contributed by atoms with Gasteiger partial charge in [-0.1, -0.05) is 25.2 Å². The standard InChI is InChI=1S/C17H26O2/c1-5-19-16(18)12(2)7-6-10-17(4)13(3)14-8-9-15(17)11-14/h7,14-15H,3,5-6,8-11H2,1-2,4H3/t14-,15?,17-/m0/s1. The van der Waals surface area contributed by atoms with Gasteiger partial charge in [0, 0.05) is 5.57 Å². The van der Waals surface area contributed by atoms with Gasteiger partial charge in [0.2, 0.25) is 0 Å². The molecule has 3 atom stereocenters. The molecule has 19 heavy (non-hydrogen) atoms. The zero-order chi connectivity index (χ0) is 14.0. The molecule has 0 heterocycles. The Kier molecular flexibility index (Phi) is 4.17. The fourth-order valence-electron chi connectivity index (χ4n) is 3.89. The first-order chi connectivity index (χ1) is 8.99. The van der Waals surface area contributed by atoms with Gasteiger partial charge in [-0.05, 0) is 63.2 Å². The predicted molar refractivity (Wildman–Crippen MR) is 77.7 cm³/mol. The lowest BCUT2D eigenvalue weighted by atomic mass is 9.69. The Morgan fingerprint density at radius 3 is 2.84 bits per heavy atom. The lowest BCUT2D eigenvalue weighted by molar-refractivity contribution is -0.138.